The number of halogens is 1. The number of alkyl halides is 1. The van der Waals surface area contributed by atoms with Gasteiger partial charge in [0.1, 0.15) is 0 Å². The molecule has 1 aromatic rings. The Bertz CT molecular complexity index is 402. The van der Waals surface area contributed by atoms with Gasteiger partial charge in [-0.2, -0.15) is 0 Å². The molecule has 0 bridgehead atoms. The summed E-state index contributed by atoms with van der Waals surface area (Å²) in [6.45, 7) is 1.91. The molecule has 3 nitrogen and oxygen atoms in total. The molecule has 0 heterocycles. The van der Waals surface area contributed by atoms with Gasteiger partial charge in [-0.05, 0) is 6.42 Å². The number of ether oxygens (including phenoxy) is 1. The molecule has 1 unspecified atom stereocenters. The van der Waals surface area contributed by atoms with Gasteiger partial charge in [-0.3, -0.25) is 9.59 Å². The van der Waals surface area contributed by atoms with E-state index in [9.17, 15) is 9.59 Å². The molecule has 0 radical (unpaired) electrons. The largest absolute Gasteiger partial charge is 0.468 e. The summed E-state index contributed by atoms with van der Waals surface area (Å²) < 4.78 is 3.44. The van der Waals surface area contributed by atoms with Crippen LogP contribution >= 0.6 is 15.9 Å². The Morgan fingerprint density at radius 3 is 2.35 bits per heavy atom. The number of carbonyl (C=O) groups is 2. The smallest absolute Gasteiger partial charge is 0.330 e. The average Bonchev–Trinajstić information content (AvgIpc) is 2.38. The van der Waals surface area contributed by atoms with Crippen molar-refractivity contribution in [2.24, 2.45) is 0 Å². The van der Waals surface area contributed by atoms with Crippen molar-refractivity contribution >= 4 is 27.7 Å². The Labute approximate surface area is 109 Å². The summed E-state index contributed by atoms with van der Waals surface area (Å²) in [4.78, 5) is 24.1. The monoisotopic (exact) mass is 298 g/mol. The van der Waals surface area contributed by atoms with Crippen LogP contribution in [-0.2, 0) is 9.53 Å². The van der Waals surface area contributed by atoms with Crippen LogP contribution in [-0.4, -0.2) is 23.2 Å². The van der Waals surface area contributed by atoms with Gasteiger partial charge in [-0.1, -0.05) is 59.6 Å². The minimum Gasteiger partial charge on any atom is -0.468 e. The number of rotatable bonds is 5. The third-order valence-corrected chi connectivity index (χ3v) is 3.58. The average molecular weight is 299 g/mol. The highest BCUT2D eigenvalue weighted by Gasteiger charge is 2.43. The van der Waals surface area contributed by atoms with Crippen LogP contribution in [0.15, 0.2) is 30.3 Å². The molecule has 0 aliphatic rings. The first-order chi connectivity index (χ1) is 8.06. The molecule has 0 aliphatic carbocycles. The van der Waals surface area contributed by atoms with E-state index in [1.165, 1.54) is 7.11 Å². The molecule has 1 aromatic carbocycles. The van der Waals surface area contributed by atoms with Crippen molar-refractivity contribution in [2.45, 2.75) is 24.1 Å². The number of hydrogen-bond donors (Lipinski definition) is 0. The fraction of sp³-hybridized carbons (Fsp3) is 0.385. The lowest BCUT2D eigenvalue weighted by atomic mass is 9.93. The fourth-order valence-corrected chi connectivity index (χ4v) is 2.42. The molecule has 1 atom stereocenters. The lowest BCUT2D eigenvalue weighted by Gasteiger charge is -2.22. The predicted octanol–water partition coefficient (Wildman–Crippen LogP) is 2.98. The first-order valence-corrected chi connectivity index (χ1v) is 6.22. The van der Waals surface area contributed by atoms with Gasteiger partial charge >= 0.3 is 5.97 Å². The Morgan fingerprint density at radius 2 is 1.88 bits per heavy atom. The number of carbonyl (C=O) groups excluding carboxylic acids is 2. The molecule has 0 spiro atoms. The van der Waals surface area contributed by atoms with Gasteiger partial charge in [0.05, 0.1) is 7.11 Å². The number of ketones is 1. The minimum atomic E-state index is -1.27. The number of methoxy groups -OCH3 is 1. The highest BCUT2D eigenvalue weighted by Crippen LogP contribution is 2.30. The summed E-state index contributed by atoms with van der Waals surface area (Å²) in [5.74, 6) is -0.806. The lowest BCUT2D eigenvalue weighted by molar-refractivity contribution is -0.142. The van der Waals surface area contributed by atoms with Gasteiger partial charge in [0, 0.05) is 5.56 Å². The van der Waals surface area contributed by atoms with Crippen LogP contribution < -0.4 is 0 Å². The zero-order chi connectivity index (χ0) is 12.9. The van der Waals surface area contributed by atoms with E-state index in [2.05, 4.69) is 15.9 Å². The molecule has 17 heavy (non-hydrogen) atoms. The third-order valence-electron chi connectivity index (χ3n) is 2.50. The van der Waals surface area contributed by atoms with Crippen molar-refractivity contribution in [2.75, 3.05) is 7.11 Å². The Balaban J connectivity index is 3.08. The van der Waals surface area contributed by atoms with E-state index in [0.717, 1.165) is 0 Å². The molecule has 4 heteroatoms. The number of benzene rings is 1. The van der Waals surface area contributed by atoms with Gasteiger partial charge < -0.3 is 4.74 Å². The van der Waals surface area contributed by atoms with E-state index in [0.29, 0.717) is 18.4 Å². The minimum absolute atomic E-state index is 0.258. The van der Waals surface area contributed by atoms with Crippen LogP contribution in [0.3, 0.4) is 0 Å². The molecular formula is C13H15BrO3. The maximum absolute atomic E-state index is 12.3. The van der Waals surface area contributed by atoms with Crippen molar-refractivity contribution in [1.29, 1.82) is 0 Å². The van der Waals surface area contributed by atoms with Crippen LogP contribution in [0, 0.1) is 0 Å². The summed E-state index contributed by atoms with van der Waals surface area (Å²) in [6, 6.07) is 8.74. The Hall–Kier alpha value is -1.16. The van der Waals surface area contributed by atoms with Crippen molar-refractivity contribution < 1.29 is 14.3 Å². The first-order valence-electron chi connectivity index (χ1n) is 5.43. The van der Waals surface area contributed by atoms with Crippen molar-refractivity contribution in [3.63, 3.8) is 0 Å². The predicted molar refractivity (Wildman–Crippen MR) is 69.4 cm³/mol. The van der Waals surface area contributed by atoms with Crippen molar-refractivity contribution in [3.8, 4) is 0 Å². The molecule has 0 saturated carbocycles. The second-order valence-electron chi connectivity index (χ2n) is 3.74. The highest BCUT2D eigenvalue weighted by atomic mass is 79.9. The molecule has 0 aliphatic heterocycles. The van der Waals surface area contributed by atoms with Crippen molar-refractivity contribution in [3.05, 3.63) is 35.9 Å². The van der Waals surface area contributed by atoms with E-state index >= 15 is 0 Å². The summed E-state index contributed by atoms with van der Waals surface area (Å²) in [5.41, 5.74) is 0.503. The number of Topliss-reactive ketones (excluding diaryl/α,β-unsaturated/α-hetero) is 1. The summed E-state index contributed by atoms with van der Waals surface area (Å²) in [5, 5.41) is 0. The summed E-state index contributed by atoms with van der Waals surface area (Å²) >= 11 is 3.25. The van der Waals surface area contributed by atoms with E-state index in [1.54, 1.807) is 24.3 Å². The molecule has 0 amide bonds. The molecule has 0 fully saturated rings. The maximum Gasteiger partial charge on any atom is 0.330 e. The lowest BCUT2D eigenvalue weighted by Crippen LogP contribution is -2.41. The zero-order valence-electron chi connectivity index (χ0n) is 9.90. The van der Waals surface area contributed by atoms with Crippen LogP contribution in [0.4, 0.5) is 0 Å². The van der Waals surface area contributed by atoms with E-state index in [-0.39, 0.29) is 5.78 Å². The highest BCUT2D eigenvalue weighted by molar-refractivity contribution is 9.10. The second-order valence-corrected chi connectivity index (χ2v) is 5.09. The summed E-state index contributed by atoms with van der Waals surface area (Å²) in [6.07, 6.45) is 1.12. The quantitative estimate of drug-likeness (QED) is 0.363. The van der Waals surface area contributed by atoms with E-state index in [4.69, 9.17) is 4.74 Å². The fourth-order valence-electron chi connectivity index (χ4n) is 1.63. The molecule has 0 saturated heterocycles. The zero-order valence-corrected chi connectivity index (χ0v) is 11.5. The van der Waals surface area contributed by atoms with Crippen LogP contribution in [0.25, 0.3) is 0 Å². The number of hydrogen-bond acceptors (Lipinski definition) is 3. The van der Waals surface area contributed by atoms with Crippen LogP contribution in [0.5, 0.6) is 0 Å². The third kappa shape index (κ3) is 2.94. The van der Waals surface area contributed by atoms with E-state index < -0.39 is 10.3 Å². The normalized spacial score (nSPS) is 13.8. The van der Waals surface area contributed by atoms with Crippen molar-refractivity contribution in [1.82, 2.24) is 0 Å². The van der Waals surface area contributed by atoms with Gasteiger partial charge in [-0.15, -0.1) is 0 Å². The summed E-state index contributed by atoms with van der Waals surface area (Å²) in [7, 11) is 1.28. The molecule has 92 valence electrons. The van der Waals surface area contributed by atoms with Gasteiger partial charge in [0.15, 0.2) is 10.1 Å². The SMILES string of the molecule is CCCC(Br)(C(=O)OC)C(=O)c1ccccc1. The van der Waals surface area contributed by atoms with Crippen LogP contribution in [0.1, 0.15) is 30.1 Å². The maximum atomic E-state index is 12.3. The van der Waals surface area contributed by atoms with Gasteiger partial charge in [0.2, 0.25) is 0 Å². The van der Waals surface area contributed by atoms with Crippen LogP contribution in [0.2, 0.25) is 0 Å². The molecular weight excluding hydrogens is 284 g/mol. The van der Waals surface area contributed by atoms with Gasteiger partial charge in [0.25, 0.3) is 0 Å². The first kappa shape index (κ1) is 13.9. The topological polar surface area (TPSA) is 43.4 Å². The standard InChI is InChI=1S/C13H15BrO3/c1-3-9-13(14,12(16)17-2)11(15)10-7-5-4-6-8-10/h4-8H,3,9H2,1-2H3. The Kier molecular flexibility index (Phi) is 4.87. The number of esters is 1. The molecule has 0 aromatic heterocycles. The molecule has 1 rings (SSSR count). The van der Waals surface area contributed by atoms with Gasteiger partial charge in [-0.25, -0.2) is 0 Å². The van der Waals surface area contributed by atoms with E-state index in [1.807, 2.05) is 13.0 Å². The molecule has 0 N–H and O–H groups in total. The Morgan fingerprint density at radius 1 is 1.29 bits per heavy atom. The second kappa shape index (κ2) is 5.96.